The van der Waals surface area contributed by atoms with Gasteiger partial charge in [-0.05, 0) is 48.5 Å². The lowest BCUT2D eigenvalue weighted by molar-refractivity contribution is 0.626. The normalized spacial score (nSPS) is 11.2. The Morgan fingerprint density at radius 3 is 1.90 bits per heavy atom. The summed E-state index contributed by atoms with van der Waals surface area (Å²) in [5.74, 6) is -0.395. The highest BCUT2D eigenvalue weighted by Crippen LogP contribution is 2.29. The number of nitrogens with two attached hydrogens (primary N) is 3. The van der Waals surface area contributed by atoms with Crippen molar-refractivity contribution in [3.8, 4) is 0 Å². The lowest BCUT2D eigenvalue weighted by atomic mass is 10.3. The van der Waals surface area contributed by atoms with Gasteiger partial charge in [0.2, 0.25) is 5.96 Å². The summed E-state index contributed by atoms with van der Waals surface area (Å²) in [5, 5.41) is 0. The molecule has 0 heterocycles. The van der Waals surface area contributed by atoms with E-state index in [1.165, 1.54) is 23.9 Å². The molecule has 0 atom stereocenters. The molecule has 2 aromatic carbocycles. The Morgan fingerprint density at radius 2 is 1.38 bits per heavy atom. The van der Waals surface area contributed by atoms with E-state index in [4.69, 9.17) is 17.2 Å². The van der Waals surface area contributed by atoms with Crippen molar-refractivity contribution < 1.29 is 4.39 Å². The SMILES string of the molecule is NC(N)=NC(N)=Nc1ccc(Sc2ccc(F)cc2)cc1. The first-order valence-corrected chi connectivity index (χ1v) is 6.82. The van der Waals surface area contributed by atoms with E-state index in [0.717, 1.165) is 9.79 Å². The lowest BCUT2D eigenvalue weighted by Crippen LogP contribution is -2.26. The molecule has 21 heavy (non-hydrogen) atoms. The molecule has 0 bridgehead atoms. The molecule has 108 valence electrons. The molecule has 0 aliphatic carbocycles. The average molecular weight is 303 g/mol. The lowest BCUT2D eigenvalue weighted by Gasteiger charge is -2.02. The fraction of sp³-hybridized carbons (Fsp3) is 0. The van der Waals surface area contributed by atoms with E-state index in [1.54, 1.807) is 24.3 Å². The molecular formula is C14H14FN5S. The second-order valence-electron chi connectivity index (χ2n) is 4.06. The Kier molecular flexibility index (Phi) is 4.78. The molecular weight excluding hydrogens is 289 g/mol. The van der Waals surface area contributed by atoms with Crippen LogP contribution in [0.5, 0.6) is 0 Å². The van der Waals surface area contributed by atoms with Crippen molar-refractivity contribution in [2.45, 2.75) is 9.79 Å². The fourth-order valence-corrected chi connectivity index (χ4v) is 2.33. The van der Waals surface area contributed by atoms with Crippen LogP contribution in [0.15, 0.2) is 68.3 Å². The third-order valence-electron chi connectivity index (χ3n) is 2.37. The molecule has 0 aliphatic rings. The first-order chi connectivity index (χ1) is 10.0. The number of benzene rings is 2. The minimum Gasteiger partial charge on any atom is -0.370 e. The van der Waals surface area contributed by atoms with Crippen molar-refractivity contribution in [3.63, 3.8) is 0 Å². The predicted octanol–water partition coefficient (Wildman–Crippen LogP) is 2.20. The maximum absolute atomic E-state index is 12.8. The molecule has 0 saturated carbocycles. The zero-order chi connectivity index (χ0) is 15.2. The van der Waals surface area contributed by atoms with Crippen LogP contribution in [0.3, 0.4) is 0 Å². The molecule has 0 radical (unpaired) electrons. The van der Waals surface area contributed by atoms with E-state index in [1.807, 2.05) is 12.1 Å². The molecule has 0 aliphatic heterocycles. The van der Waals surface area contributed by atoms with Gasteiger partial charge in [0.1, 0.15) is 5.82 Å². The topological polar surface area (TPSA) is 103 Å². The smallest absolute Gasteiger partial charge is 0.223 e. The quantitative estimate of drug-likeness (QED) is 0.597. The maximum Gasteiger partial charge on any atom is 0.223 e. The van der Waals surface area contributed by atoms with Gasteiger partial charge in [0.15, 0.2) is 5.96 Å². The van der Waals surface area contributed by atoms with Gasteiger partial charge in [0, 0.05) is 9.79 Å². The largest absolute Gasteiger partial charge is 0.370 e. The molecule has 7 heteroatoms. The minimum atomic E-state index is -0.251. The van der Waals surface area contributed by atoms with E-state index in [-0.39, 0.29) is 17.7 Å². The first kappa shape index (κ1) is 14.9. The van der Waals surface area contributed by atoms with Crippen LogP contribution in [0.1, 0.15) is 0 Å². The highest BCUT2D eigenvalue weighted by molar-refractivity contribution is 7.99. The van der Waals surface area contributed by atoms with E-state index in [9.17, 15) is 4.39 Å². The molecule has 2 aromatic rings. The monoisotopic (exact) mass is 303 g/mol. The molecule has 0 saturated heterocycles. The Labute approximate surface area is 125 Å². The number of guanidine groups is 2. The van der Waals surface area contributed by atoms with Crippen LogP contribution in [0.25, 0.3) is 0 Å². The van der Waals surface area contributed by atoms with Gasteiger partial charge in [-0.1, -0.05) is 11.8 Å². The Morgan fingerprint density at radius 1 is 0.857 bits per heavy atom. The van der Waals surface area contributed by atoms with Crippen LogP contribution in [-0.2, 0) is 0 Å². The summed E-state index contributed by atoms with van der Waals surface area (Å²) in [4.78, 5) is 9.63. The van der Waals surface area contributed by atoms with Crippen LogP contribution in [0, 0.1) is 5.82 Å². The summed E-state index contributed by atoms with van der Waals surface area (Å²) >= 11 is 1.52. The van der Waals surface area contributed by atoms with Crippen LogP contribution in [-0.4, -0.2) is 11.9 Å². The van der Waals surface area contributed by atoms with Crippen LogP contribution >= 0.6 is 11.8 Å². The van der Waals surface area contributed by atoms with Gasteiger partial charge in [-0.3, -0.25) is 0 Å². The van der Waals surface area contributed by atoms with Crippen LogP contribution in [0.4, 0.5) is 10.1 Å². The van der Waals surface area contributed by atoms with Crippen LogP contribution in [0.2, 0.25) is 0 Å². The summed E-state index contributed by atoms with van der Waals surface area (Å²) in [7, 11) is 0. The molecule has 0 fully saturated rings. The zero-order valence-electron chi connectivity index (χ0n) is 11.0. The third kappa shape index (κ3) is 4.81. The van der Waals surface area contributed by atoms with Crippen molar-refractivity contribution in [1.29, 1.82) is 0 Å². The highest BCUT2D eigenvalue weighted by atomic mass is 32.2. The zero-order valence-corrected chi connectivity index (χ0v) is 11.8. The minimum absolute atomic E-state index is 0.00561. The Hall–Kier alpha value is -2.54. The molecule has 0 aromatic heterocycles. The summed E-state index contributed by atoms with van der Waals surface area (Å²) in [5.41, 5.74) is 16.6. The average Bonchev–Trinajstić information content (AvgIpc) is 2.42. The van der Waals surface area contributed by atoms with Gasteiger partial charge >= 0.3 is 0 Å². The number of nitrogens with zero attached hydrogens (tertiary/aromatic N) is 2. The second-order valence-corrected chi connectivity index (χ2v) is 5.20. The van der Waals surface area contributed by atoms with E-state index in [0.29, 0.717) is 5.69 Å². The van der Waals surface area contributed by atoms with Gasteiger partial charge in [0.05, 0.1) is 5.69 Å². The van der Waals surface area contributed by atoms with E-state index in [2.05, 4.69) is 9.98 Å². The van der Waals surface area contributed by atoms with Gasteiger partial charge in [-0.2, -0.15) is 4.99 Å². The molecule has 2 rings (SSSR count). The number of hydrogen-bond donors (Lipinski definition) is 3. The Balaban J connectivity index is 2.08. The number of aliphatic imine (C=N–C) groups is 2. The van der Waals surface area contributed by atoms with Crippen molar-refractivity contribution >= 4 is 29.4 Å². The predicted molar refractivity (Wildman–Crippen MR) is 84.1 cm³/mol. The molecule has 0 unspecified atom stereocenters. The summed E-state index contributed by atoms with van der Waals surface area (Å²) in [6.07, 6.45) is 0. The standard InChI is InChI=1S/C14H14FN5S/c15-9-1-5-11(6-2-9)21-12-7-3-10(4-8-12)19-14(18)20-13(16)17/h1-8H,(H6,16,17,18,19,20). The number of hydrogen-bond acceptors (Lipinski definition) is 2. The first-order valence-electron chi connectivity index (χ1n) is 6.00. The summed E-state index contributed by atoms with van der Waals surface area (Å²) in [6.45, 7) is 0. The highest BCUT2D eigenvalue weighted by Gasteiger charge is 1.99. The molecule has 0 spiro atoms. The Bertz CT molecular complexity index is 661. The number of halogens is 1. The van der Waals surface area contributed by atoms with Crippen molar-refractivity contribution in [2.24, 2.45) is 27.2 Å². The van der Waals surface area contributed by atoms with Gasteiger partial charge < -0.3 is 17.2 Å². The molecule has 0 amide bonds. The van der Waals surface area contributed by atoms with Crippen molar-refractivity contribution in [2.75, 3.05) is 0 Å². The third-order valence-corrected chi connectivity index (χ3v) is 3.39. The van der Waals surface area contributed by atoms with Crippen LogP contribution < -0.4 is 17.2 Å². The summed E-state index contributed by atoms with van der Waals surface area (Å²) in [6, 6.07) is 13.7. The maximum atomic E-state index is 12.8. The number of rotatable bonds is 3. The van der Waals surface area contributed by atoms with Crippen molar-refractivity contribution in [1.82, 2.24) is 0 Å². The van der Waals surface area contributed by atoms with Crippen molar-refractivity contribution in [3.05, 3.63) is 54.3 Å². The second kappa shape index (κ2) is 6.76. The van der Waals surface area contributed by atoms with Gasteiger partial charge in [0.25, 0.3) is 0 Å². The molecule has 6 N–H and O–H groups in total. The van der Waals surface area contributed by atoms with Gasteiger partial charge in [-0.25, -0.2) is 9.38 Å². The van der Waals surface area contributed by atoms with Gasteiger partial charge in [-0.15, -0.1) is 0 Å². The fourth-order valence-electron chi connectivity index (χ4n) is 1.52. The summed E-state index contributed by atoms with van der Waals surface area (Å²) < 4.78 is 12.8. The molecule has 5 nitrogen and oxygen atoms in total. The van der Waals surface area contributed by atoms with E-state index < -0.39 is 0 Å². The van der Waals surface area contributed by atoms with E-state index >= 15 is 0 Å².